The molecule has 3 unspecified atom stereocenters. The molecular weight excluding hydrogens is 226 g/mol. The molecule has 0 saturated carbocycles. The van der Waals surface area contributed by atoms with Crippen LogP contribution < -0.4 is 5.32 Å². The maximum atomic E-state index is 10.9. The Morgan fingerprint density at radius 2 is 2.50 bits per heavy atom. The second-order valence-corrected chi connectivity index (χ2v) is 5.98. The van der Waals surface area contributed by atoms with E-state index in [4.69, 9.17) is 9.84 Å². The van der Waals surface area contributed by atoms with Gasteiger partial charge in [-0.15, -0.1) is 11.8 Å². The van der Waals surface area contributed by atoms with Crippen molar-refractivity contribution in [3.05, 3.63) is 0 Å². The molecule has 3 atom stereocenters. The third-order valence-electron chi connectivity index (χ3n) is 3.29. The van der Waals surface area contributed by atoms with Crippen LogP contribution in [0, 0.1) is 0 Å². The molecule has 0 amide bonds. The van der Waals surface area contributed by atoms with Crippen LogP contribution in [0.25, 0.3) is 0 Å². The first-order chi connectivity index (χ1) is 7.65. The molecule has 4 nitrogen and oxygen atoms in total. The average Bonchev–Trinajstić information content (AvgIpc) is 2.63. The fraction of sp³-hybridized carbons (Fsp3) is 0.909. The van der Waals surface area contributed by atoms with Crippen molar-refractivity contribution in [1.29, 1.82) is 0 Å². The molecule has 0 bridgehead atoms. The van der Waals surface area contributed by atoms with Crippen molar-refractivity contribution >= 4 is 17.7 Å². The van der Waals surface area contributed by atoms with E-state index in [1.165, 1.54) is 0 Å². The first kappa shape index (κ1) is 12.2. The van der Waals surface area contributed by atoms with Crippen LogP contribution >= 0.6 is 11.8 Å². The Bertz CT molecular complexity index is 272. The summed E-state index contributed by atoms with van der Waals surface area (Å²) < 4.78 is 5.70. The van der Waals surface area contributed by atoms with Crippen molar-refractivity contribution in [3.8, 4) is 0 Å². The van der Waals surface area contributed by atoms with Crippen molar-refractivity contribution in [2.24, 2.45) is 0 Å². The van der Waals surface area contributed by atoms with E-state index in [1.54, 1.807) is 11.8 Å². The summed E-state index contributed by atoms with van der Waals surface area (Å²) in [7, 11) is 0. The predicted molar refractivity (Wildman–Crippen MR) is 63.6 cm³/mol. The minimum absolute atomic E-state index is 0.0405. The molecule has 0 aliphatic carbocycles. The molecule has 0 aromatic rings. The van der Waals surface area contributed by atoms with E-state index in [-0.39, 0.29) is 10.9 Å². The van der Waals surface area contributed by atoms with E-state index in [2.05, 4.69) is 12.2 Å². The van der Waals surface area contributed by atoms with Crippen molar-refractivity contribution in [2.45, 2.75) is 49.6 Å². The van der Waals surface area contributed by atoms with Crippen LogP contribution in [0.15, 0.2) is 0 Å². The second-order valence-electron chi connectivity index (χ2n) is 4.58. The molecule has 2 saturated heterocycles. The number of hydrogen-bond donors (Lipinski definition) is 2. The fourth-order valence-electron chi connectivity index (χ4n) is 2.47. The largest absolute Gasteiger partial charge is 0.480 e. The van der Waals surface area contributed by atoms with Gasteiger partial charge in [0.2, 0.25) is 0 Å². The lowest BCUT2D eigenvalue weighted by Crippen LogP contribution is -2.50. The van der Waals surface area contributed by atoms with E-state index in [0.717, 1.165) is 32.3 Å². The highest BCUT2D eigenvalue weighted by molar-refractivity contribution is 8.01. The Hall–Kier alpha value is -0.260. The molecule has 16 heavy (non-hydrogen) atoms. The van der Waals surface area contributed by atoms with Gasteiger partial charge < -0.3 is 9.84 Å². The smallest absolute Gasteiger partial charge is 0.321 e. The third-order valence-corrected chi connectivity index (χ3v) is 4.83. The number of ether oxygens (including phenoxy) is 1. The van der Waals surface area contributed by atoms with Crippen molar-refractivity contribution in [2.75, 3.05) is 12.4 Å². The molecule has 2 aliphatic rings. The summed E-state index contributed by atoms with van der Waals surface area (Å²) in [4.78, 5) is 10.9. The fourth-order valence-corrected chi connectivity index (χ4v) is 3.93. The van der Waals surface area contributed by atoms with E-state index >= 15 is 0 Å². The van der Waals surface area contributed by atoms with Gasteiger partial charge in [0.25, 0.3) is 0 Å². The summed E-state index contributed by atoms with van der Waals surface area (Å²) >= 11 is 1.76. The van der Waals surface area contributed by atoms with Crippen molar-refractivity contribution < 1.29 is 14.6 Å². The summed E-state index contributed by atoms with van der Waals surface area (Å²) in [5.74, 6) is -0.0586. The Kier molecular flexibility index (Phi) is 3.77. The molecule has 1 spiro atoms. The van der Waals surface area contributed by atoms with E-state index in [0.29, 0.717) is 11.9 Å². The Morgan fingerprint density at radius 3 is 3.12 bits per heavy atom. The van der Waals surface area contributed by atoms with Crippen LogP contribution in [0.3, 0.4) is 0 Å². The van der Waals surface area contributed by atoms with Crippen LogP contribution in [0.1, 0.15) is 32.6 Å². The van der Waals surface area contributed by atoms with Crippen LogP contribution in [0.5, 0.6) is 0 Å². The van der Waals surface area contributed by atoms with Gasteiger partial charge in [-0.1, -0.05) is 13.3 Å². The zero-order valence-electron chi connectivity index (χ0n) is 9.57. The van der Waals surface area contributed by atoms with Crippen LogP contribution in [0.4, 0.5) is 0 Å². The molecule has 2 heterocycles. The number of nitrogens with one attached hydrogen (secondary N) is 1. The van der Waals surface area contributed by atoms with Gasteiger partial charge in [-0.25, -0.2) is 0 Å². The van der Waals surface area contributed by atoms with Gasteiger partial charge in [-0.05, 0) is 12.8 Å². The van der Waals surface area contributed by atoms with E-state index in [9.17, 15) is 4.79 Å². The lowest BCUT2D eigenvalue weighted by Gasteiger charge is -2.37. The first-order valence-electron chi connectivity index (χ1n) is 5.91. The molecule has 5 heteroatoms. The molecule has 2 aliphatic heterocycles. The normalized spacial score (nSPS) is 39.1. The molecule has 0 aromatic heterocycles. The highest BCUT2D eigenvalue weighted by Crippen LogP contribution is 2.41. The van der Waals surface area contributed by atoms with Crippen molar-refractivity contribution in [3.63, 3.8) is 0 Å². The second kappa shape index (κ2) is 4.94. The van der Waals surface area contributed by atoms with Gasteiger partial charge in [-0.2, -0.15) is 0 Å². The molecular formula is C11H19NO3S. The standard InChI is InChI=1S/C11H19NO3S/c1-2-3-8-6-11(4-5-15-8)12-9(7-16-11)10(13)14/h8-9,12H,2-7H2,1H3,(H,13,14). The molecule has 0 radical (unpaired) electrons. The van der Waals surface area contributed by atoms with Gasteiger partial charge in [0.15, 0.2) is 0 Å². The van der Waals surface area contributed by atoms with Gasteiger partial charge in [-0.3, -0.25) is 10.1 Å². The number of hydrogen-bond acceptors (Lipinski definition) is 4. The van der Waals surface area contributed by atoms with Gasteiger partial charge in [0, 0.05) is 18.8 Å². The maximum Gasteiger partial charge on any atom is 0.321 e. The highest BCUT2D eigenvalue weighted by Gasteiger charge is 2.45. The molecule has 2 N–H and O–H groups in total. The summed E-state index contributed by atoms with van der Waals surface area (Å²) in [5, 5.41) is 12.3. The van der Waals surface area contributed by atoms with Crippen LogP contribution in [-0.4, -0.2) is 40.5 Å². The van der Waals surface area contributed by atoms with Crippen molar-refractivity contribution in [1.82, 2.24) is 5.32 Å². The Labute approximate surface area is 100 Å². The molecule has 0 aromatic carbocycles. The van der Waals surface area contributed by atoms with Crippen LogP contribution in [-0.2, 0) is 9.53 Å². The highest BCUT2D eigenvalue weighted by atomic mass is 32.2. The minimum atomic E-state index is -0.733. The number of thioether (sulfide) groups is 1. The number of carbonyl (C=O) groups is 1. The first-order valence-corrected chi connectivity index (χ1v) is 6.90. The van der Waals surface area contributed by atoms with E-state index < -0.39 is 5.97 Å². The minimum Gasteiger partial charge on any atom is -0.480 e. The summed E-state index contributed by atoms with van der Waals surface area (Å²) in [6.45, 7) is 2.90. The summed E-state index contributed by atoms with van der Waals surface area (Å²) in [6.07, 6.45) is 4.35. The number of aliphatic carboxylic acids is 1. The topological polar surface area (TPSA) is 58.6 Å². The summed E-state index contributed by atoms with van der Waals surface area (Å²) in [5.41, 5.74) is 0. The zero-order valence-corrected chi connectivity index (χ0v) is 10.4. The Morgan fingerprint density at radius 1 is 1.69 bits per heavy atom. The molecule has 92 valence electrons. The van der Waals surface area contributed by atoms with Gasteiger partial charge in [0.1, 0.15) is 6.04 Å². The lowest BCUT2D eigenvalue weighted by molar-refractivity contribution is -0.139. The SMILES string of the molecule is CCCC1CC2(CCO1)NC(C(=O)O)CS2. The number of carboxylic acids is 1. The van der Waals surface area contributed by atoms with Crippen LogP contribution in [0.2, 0.25) is 0 Å². The lowest BCUT2D eigenvalue weighted by atomic mass is 9.99. The monoisotopic (exact) mass is 245 g/mol. The maximum absolute atomic E-state index is 10.9. The van der Waals surface area contributed by atoms with E-state index in [1.807, 2.05) is 0 Å². The van der Waals surface area contributed by atoms with Gasteiger partial charge >= 0.3 is 5.97 Å². The number of carboxylic acid groups (broad SMARTS) is 1. The molecule has 2 fully saturated rings. The van der Waals surface area contributed by atoms with Gasteiger partial charge in [0.05, 0.1) is 11.0 Å². The predicted octanol–water partition coefficient (Wildman–Crippen LogP) is 1.45. The zero-order chi connectivity index (χ0) is 11.6. The number of rotatable bonds is 3. The third kappa shape index (κ3) is 2.52. The summed E-state index contributed by atoms with van der Waals surface area (Å²) in [6, 6.07) is -0.384. The quantitative estimate of drug-likeness (QED) is 0.788. The molecule has 2 rings (SSSR count). The Balaban J connectivity index is 1.95. The average molecular weight is 245 g/mol.